The van der Waals surface area contributed by atoms with Crippen molar-refractivity contribution in [3.05, 3.63) is 33.0 Å². The van der Waals surface area contributed by atoms with Crippen molar-refractivity contribution in [1.29, 1.82) is 0 Å². The van der Waals surface area contributed by atoms with E-state index in [1.165, 1.54) is 11.8 Å². The Balaban J connectivity index is 2.28. The second-order valence-corrected chi connectivity index (χ2v) is 7.85. The number of amides is 1. The molecule has 0 aliphatic rings. The first kappa shape index (κ1) is 19.9. The number of nitrogens with one attached hydrogen (secondary N) is 1. The first-order valence-electron chi connectivity index (χ1n) is 8.01. The Labute approximate surface area is 159 Å². The normalized spacial score (nSPS) is 11.2. The molecule has 136 valence electrons. The third kappa shape index (κ3) is 5.55. The van der Waals surface area contributed by atoms with E-state index in [1.54, 1.807) is 23.8 Å². The van der Waals surface area contributed by atoms with Crippen LogP contribution in [0.4, 0.5) is 0 Å². The predicted molar refractivity (Wildman–Crippen MR) is 104 cm³/mol. The lowest BCUT2D eigenvalue weighted by Crippen LogP contribution is -2.30. The molecule has 0 fully saturated rings. The molecule has 0 aliphatic carbocycles. The monoisotopic (exact) mass is 427 g/mol. The minimum absolute atomic E-state index is 0.0675. The molecule has 0 saturated carbocycles. The van der Waals surface area contributed by atoms with E-state index in [-0.39, 0.29) is 17.2 Å². The zero-order valence-corrected chi connectivity index (χ0v) is 16.9. The molecule has 0 saturated heterocycles. The Morgan fingerprint density at radius 2 is 2.20 bits per heavy atom. The second-order valence-electron chi connectivity index (χ2n) is 5.99. The number of aromatic nitrogens is 2. The minimum atomic E-state index is -0.131. The first-order valence-corrected chi connectivity index (χ1v) is 9.78. The van der Waals surface area contributed by atoms with Crippen molar-refractivity contribution < 1.29 is 9.53 Å². The van der Waals surface area contributed by atoms with E-state index >= 15 is 0 Å². The molecule has 2 aromatic rings. The average molecular weight is 428 g/mol. The maximum absolute atomic E-state index is 12.8. The van der Waals surface area contributed by atoms with Gasteiger partial charge in [-0.05, 0) is 24.1 Å². The molecule has 1 heterocycles. The van der Waals surface area contributed by atoms with Crippen molar-refractivity contribution in [1.82, 2.24) is 14.9 Å². The van der Waals surface area contributed by atoms with Crippen molar-refractivity contribution in [3.63, 3.8) is 0 Å². The molecule has 25 heavy (non-hydrogen) atoms. The van der Waals surface area contributed by atoms with Crippen molar-refractivity contribution in [2.24, 2.45) is 5.92 Å². The van der Waals surface area contributed by atoms with Crippen LogP contribution in [0.2, 0.25) is 0 Å². The van der Waals surface area contributed by atoms with Crippen LogP contribution in [0.5, 0.6) is 0 Å². The van der Waals surface area contributed by atoms with Crippen molar-refractivity contribution >= 4 is 44.5 Å². The topological polar surface area (TPSA) is 73.2 Å². The SMILES string of the molecule is COCCn1c(SCC(=O)NCC(C)C)nc2ccc(Br)cc2c1=O. The van der Waals surface area contributed by atoms with Crippen LogP contribution < -0.4 is 10.9 Å². The predicted octanol–water partition coefficient (Wildman–Crippen LogP) is 2.67. The van der Waals surface area contributed by atoms with E-state index in [0.717, 1.165) is 4.47 Å². The van der Waals surface area contributed by atoms with Crippen LogP contribution in [0.1, 0.15) is 13.8 Å². The number of hydrogen-bond acceptors (Lipinski definition) is 5. The highest BCUT2D eigenvalue weighted by molar-refractivity contribution is 9.10. The van der Waals surface area contributed by atoms with Gasteiger partial charge in [0.25, 0.3) is 5.56 Å². The molecule has 0 unspecified atom stereocenters. The molecular weight excluding hydrogens is 406 g/mol. The number of carbonyl (C=O) groups excluding carboxylic acids is 1. The first-order chi connectivity index (χ1) is 11.9. The molecule has 1 N–H and O–H groups in total. The molecule has 1 aromatic carbocycles. The third-order valence-corrected chi connectivity index (χ3v) is 4.91. The fourth-order valence-corrected chi connectivity index (χ4v) is 3.38. The van der Waals surface area contributed by atoms with Crippen molar-refractivity contribution in [3.8, 4) is 0 Å². The van der Waals surface area contributed by atoms with E-state index in [9.17, 15) is 9.59 Å². The average Bonchev–Trinajstić information content (AvgIpc) is 2.58. The highest BCUT2D eigenvalue weighted by atomic mass is 79.9. The number of carbonyl (C=O) groups is 1. The maximum Gasteiger partial charge on any atom is 0.262 e. The van der Waals surface area contributed by atoms with Crippen LogP contribution >= 0.6 is 27.7 Å². The number of hydrogen-bond donors (Lipinski definition) is 1. The molecule has 1 amide bonds. The van der Waals surface area contributed by atoms with E-state index in [4.69, 9.17) is 4.74 Å². The summed E-state index contributed by atoms with van der Waals surface area (Å²) in [5.74, 6) is 0.543. The fourth-order valence-electron chi connectivity index (χ4n) is 2.16. The van der Waals surface area contributed by atoms with Gasteiger partial charge in [-0.2, -0.15) is 0 Å². The lowest BCUT2D eigenvalue weighted by Gasteiger charge is -2.13. The number of rotatable bonds is 8. The zero-order valence-electron chi connectivity index (χ0n) is 14.5. The quantitative estimate of drug-likeness (QED) is 0.517. The van der Waals surface area contributed by atoms with Crippen LogP contribution in [0.3, 0.4) is 0 Å². The summed E-state index contributed by atoms with van der Waals surface area (Å²) in [7, 11) is 1.59. The van der Waals surface area contributed by atoms with Crippen molar-refractivity contribution in [2.75, 3.05) is 26.0 Å². The summed E-state index contributed by atoms with van der Waals surface area (Å²) in [6, 6.07) is 5.40. The largest absolute Gasteiger partial charge is 0.383 e. The molecular formula is C17H22BrN3O3S. The van der Waals surface area contributed by atoms with E-state index in [0.29, 0.717) is 41.7 Å². The summed E-state index contributed by atoms with van der Waals surface area (Å²) in [6.07, 6.45) is 0. The number of fused-ring (bicyclic) bond motifs is 1. The number of thioether (sulfide) groups is 1. The Morgan fingerprint density at radius 1 is 1.44 bits per heavy atom. The van der Waals surface area contributed by atoms with Gasteiger partial charge in [0, 0.05) is 18.1 Å². The third-order valence-electron chi connectivity index (χ3n) is 3.44. The maximum atomic E-state index is 12.8. The summed E-state index contributed by atoms with van der Waals surface area (Å²) < 4.78 is 7.49. The highest BCUT2D eigenvalue weighted by Gasteiger charge is 2.13. The molecule has 0 aliphatic heterocycles. The van der Waals surface area contributed by atoms with Crippen LogP contribution in [-0.4, -0.2) is 41.5 Å². The highest BCUT2D eigenvalue weighted by Crippen LogP contribution is 2.20. The molecule has 0 spiro atoms. The Hall–Kier alpha value is -1.38. The van der Waals surface area contributed by atoms with Crippen LogP contribution in [0.25, 0.3) is 10.9 Å². The Morgan fingerprint density at radius 3 is 2.88 bits per heavy atom. The summed E-state index contributed by atoms with van der Waals surface area (Å²) in [4.78, 5) is 29.3. The van der Waals surface area contributed by atoms with E-state index in [1.807, 2.05) is 19.9 Å². The van der Waals surface area contributed by atoms with Gasteiger partial charge in [-0.15, -0.1) is 0 Å². The molecule has 6 nitrogen and oxygen atoms in total. The lowest BCUT2D eigenvalue weighted by atomic mass is 10.2. The lowest BCUT2D eigenvalue weighted by molar-refractivity contribution is -0.118. The smallest absolute Gasteiger partial charge is 0.262 e. The van der Waals surface area contributed by atoms with Gasteiger partial charge in [-0.25, -0.2) is 4.98 Å². The Bertz CT molecular complexity index is 808. The van der Waals surface area contributed by atoms with Gasteiger partial charge in [0.1, 0.15) is 0 Å². The van der Waals surface area contributed by atoms with E-state index in [2.05, 4.69) is 26.2 Å². The van der Waals surface area contributed by atoms with Crippen LogP contribution in [0.15, 0.2) is 32.6 Å². The summed E-state index contributed by atoms with van der Waals surface area (Å²) in [6.45, 7) is 5.50. The van der Waals surface area contributed by atoms with Crippen LogP contribution in [-0.2, 0) is 16.1 Å². The number of benzene rings is 1. The van der Waals surface area contributed by atoms with Gasteiger partial charge in [0.05, 0.1) is 29.8 Å². The minimum Gasteiger partial charge on any atom is -0.383 e. The number of methoxy groups -OCH3 is 1. The molecule has 0 radical (unpaired) electrons. The summed E-state index contributed by atoms with van der Waals surface area (Å²) in [5.41, 5.74) is 0.486. The number of ether oxygens (including phenoxy) is 1. The van der Waals surface area contributed by atoms with Gasteiger partial charge in [0.15, 0.2) is 5.16 Å². The van der Waals surface area contributed by atoms with Gasteiger partial charge < -0.3 is 10.1 Å². The van der Waals surface area contributed by atoms with Crippen LogP contribution in [0, 0.1) is 5.92 Å². The standard InChI is InChI=1S/C17H22BrN3O3S/c1-11(2)9-19-15(22)10-25-17-20-14-5-4-12(18)8-13(14)16(23)21(17)6-7-24-3/h4-5,8,11H,6-7,9-10H2,1-3H3,(H,19,22). The summed E-state index contributed by atoms with van der Waals surface area (Å²) in [5, 5.41) is 3.93. The van der Waals surface area contributed by atoms with Gasteiger partial charge in [0.2, 0.25) is 5.91 Å². The molecule has 0 bridgehead atoms. The molecule has 8 heteroatoms. The van der Waals surface area contributed by atoms with Gasteiger partial charge in [-0.3, -0.25) is 14.2 Å². The van der Waals surface area contributed by atoms with Crippen molar-refractivity contribution in [2.45, 2.75) is 25.5 Å². The number of halogens is 1. The Kier molecular flexibility index (Phi) is 7.46. The molecule has 2 rings (SSSR count). The molecule has 0 atom stereocenters. The fraction of sp³-hybridized carbons (Fsp3) is 0.471. The molecule has 1 aromatic heterocycles. The van der Waals surface area contributed by atoms with Gasteiger partial charge >= 0.3 is 0 Å². The zero-order chi connectivity index (χ0) is 18.4. The van der Waals surface area contributed by atoms with Gasteiger partial charge in [-0.1, -0.05) is 41.5 Å². The summed E-state index contributed by atoms with van der Waals surface area (Å²) >= 11 is 4.65. The second kappa shape index (κ2) is 9.35. The number of nitrogens with zero attached hydrogens (tertiary/aromatic N) is 2. The van der Waals surface area contributed by atoms with E-state index < -0.39 is 0 Å².